The second-order valence-corrected chi connectivity index (χ2v) is 4.17. The summed E-state index contributed by atoms with van der Waals surface area (Å²) in [5.74, 6) is -0.243. The van der Waals surface area contributed by atoms with Gasteiger partial charge in [-0.25, -0.2) is 8.78 Å². The lowest BCUT2D eigenvalue weighted by Crippen LogP contribution is -2.01. The van der Waals surface area contributed by atoms with Crippen LogP contribution in [0.4, 0.5) is 8.78 Å². The van der Waals surface area contributed by atoms with E-state index in [-0.39, 0.29) is 25.5 Å². The second-order valence-electron chi connectivity index (χ2n) is 2.68. The van der Waals surface area contributed by atoms with E-state index >= 15 is 0 Å². The zero-order chi connectivity index (χ0) is 10.9. The molecule has 0 fully saturated rings. The van der Waals surface area contributed by atoms with E-state index in [1.165, 1.54) is 19.1 Å². The number of halogens is 4. The minimum Gasteiger partial charge on any atom is -0.294 e. The summed E-state index contributed by atoms with van der Waals surface area (Å²) in [6.07, 6.45) is -2.66. The molecule has 5 heteroatoms. The first-order chi connectivity index (χ1) is 6.45. The van der Waals surface area contributed by atoms with E-state index in [0.717, 1.165) is 0 Å². The number of alkyl halides is 2. The molecule has 76 valence electrons. The lowest BCUT2D eigenvalue weighted by molar-refractivity contribution is 0.101. The molecule has 0 saturated carbocycles. The topological polar surface area (TPSA) is 17.1 Å². The van der Waals surface area contributed by atoms with Gasteiger partial charge in [-0.05, 0) is 41.6 Å². The number of carbonyl (C=O) groups is 1. The summed E-state index contributed by atoms with van der Waals surface area (Å²) in [6.45, 7) is 1.33. The Morgan fingerprint density at radius 2 is 2.07 bits per heavy atom. The number of hydrogen-bond donors (Lipinski definition) is 0. The molecule has 0 atom stereocenters. The minimum absolute atomic E-state index is 0.00519. The fourth-order valence-corrected chi connectivity index (χ4v) is 2.53. The molecule has 0 unspecified atom stereocenters. The Kier molecular flexibility index (Phi) is 3.83. The maximum absolute atomic E-state index is 12.5. The van der Waals surface area contributed by atoms with Crippen molar-refractivity contribution in [2.75, 3.05) is 0 Å². The summed E-state index contributed by atoms with van der Waals surface area (Å²) in [4.78, 5) is 11.1. The molecule has 14 heavy (non-hydrogen) atoms. The zero-order valence-corrected chi connectivity index (χ0v) is 10.1. The number of ketones is 1. The summed E-state index contributed by atoms with van der Waals surface area (Å²) in [7, 11) is 0. The standard InChI is InChI=1S/C9H6ClF2IO/c1-4(14)5-2-3-6(10)7(8(5)13)9(11)12/h2-3,9H,1H3. The first-order valence-electron chi connectivity index (χ1n) is 3.72. The van der Waals surface area contributed by atoms with Crippen molar-refractivity contribution in [3.05, 3.63) is 31.9 Å². The van der Waals surface area contributed by atoms with E-state index in [0.29, 0.717) is 0 Å². The Hall–Kier alpha value is -0.230. The third-order valence-electron chi connectivity index (χ3n) is 1.72. The van der Waals surface area contributed by atoms with Crippen LogP contribution < -0.4 is 0 Å². The predicted octanol–water partition coefficient (Wildman–Crippen LogP) is 4.08. The van der Waals surface area contributed by atoms with E-state index in [4.69, 9.17) is 11.6 Å². The van der Waals surface area contributed by atoms with E-state index in [2.05, 4.69) is 0 Å². The molecule has 0 bridgehead atoms. The van der Waals surface area contributed by atoms with Crippen LogP contribution in [-0.2, 0) is 0 Å². The van der Waals surface area contributed by atoms with Crippen molar-refractivity contribution >= 4 is 40.0 Å². The van der Waals surface area contributed by atoms with Gasteiger partial charge >= 0.3 is 0 Å². The Labute approximate surface area is 98.6 Å². The lowest BCUT2D eigenvalue weighted by atomic mass is 10.1. The van der Waals surface area contributed by atoms with Crippen LogP contribution in [0.2, 0.25) is 5.02 Å². The molecule has 0 N–H and O–H groups in total. The van der Waals surface area contributed by atoms with Gasteiger partial charge in [0.15, 0.2) is 5.78 Å². The third-order valence-corrected chi connectivity index (χ3v) is 3.22. The molecular formula is C9H6ClF2IO. The van der Waals surface area contributed by atoms with Gasteiger partial charge in [-0.2, -0.15) is 0 Å². The Balaban J connectivity index is 3.41. The average molecular weight is 330 g/mol. The van der Waals surface area contributed by atoms with Crippen molar-refractivity contribution in [2.24, 2.45) is 0 Å². The van der Waals surface area contributed by atoms with Crippen molar-refractivity contribution < 1.29 is 13.6 Å². The number of hydrogen-bond acceptors (Lipinski definition) is 1. The Morgan fingerprint density at radius 1 is 1.50 bits per heavy atom. The smallest absolute Gasteiger partial charge is 0.266 e. The molecule has 1 rings (SSSR count). The van der Waals surface area contributed by atoms with Crippen LogP contribution in [0.15, 0.2) is 12.1 Å². The quantitative estimate of drug-likeness (QED) is 0.590. The summed E-state index contributed by atoms with van der Waals surface area (Å²) >= 11 is 7.32. The van der Waals surface area contributed by atoms with Crippen LogP contribution in [-0.4, -0.2) is 5.78 Å². The van der Waals surface area contributed by atoms with Crippen LogP contribution in [0.3, 0.4) is 0 Å². The molecule has 0 aliphatic heterocycles. The van der Waals surface area contributed by atoms with Crippen molar-refractivity contribution in [1.29, 1.82) is 0 Å². The van der Waals surface area contributed by atoms with Gasteiger partial charge in [-0.1, -0.05) is 11.6 Å². The van der Waals surface area contributed by atoms with E-state index in [1.54, 1.807) is 22.6 Å². The Bertz CT molecular complexity index is 379. The molecule has 0 saturated heterocycles. The lowest BCUT2D eigenvalue weighted by Gasteiger charge is -2.08. The van der Waals surface area contributed by atoms with Crippen molar-refractivity contribution in [2.45, 2.75) is 13.3 Å². The molecule has 0 amide bonds. The SMILES string of the molecule is CC(=O)c1ccc(Cl)c(C(F)F)c1I. The highest BCUT2D eigenvalue weighted by Gasteiger charge is 2.19. The van der Waals surface area contributed by atoms with Gasteiger partial charge in [-0.15, -0.1) is 0 Å². The number of rotatable bonds is 2. The van der Waals surface area contributed by atoms with Gasteiger partial charge in [-0.3, -0.25) is 4.79 Å². The fraction of sp³-hybridized carbons (Fsp3) is 0.222. The van der Waals surface area contributed by atoms with Gasteiger partial charge in [0.2, 0.25) is 0 Å². The molecule has 1 aromatic carbocycles. The highest BCUT2D eigenvalue weighted by Crippen LogP contribution is 2.33. The summed E-state index contributed by atoms with van der Waals surface area (Å²) in [5.41, 5.74) is 0.0188. The number of carbonyl (C=O) groups excluding carboxylic acids is 1. The maximum Gasteiger partial charge on any atom is 0.266 e. The van der Waals surface area contributed by atoms with Crippen LogP contribution in [0.1, 0.15) is 29.3 Å². The molecule has 0 aliphatic rings. The predicted molar refractivity (Wildman–Crippen MR) is 59.1 cm³/mol. The second kappa shape index (κ2) is 4.53. The van der Waals surface area contributed by atoms with Crippen molar-refractivity contribution in [3.63, 3.8) is 0 Å². The summed E-state index contributed by atoms with van der Waals surface area (Å²) in [5, 5.41) is -0.00519. The zero-order valence-electron chi connectivity index (χ0n) is 7.15. The first kappa shape index (κ1) is 11.8. The van der Waals surface area contributed by atoms with Gasteiger partial charge in [0, 0.05) is 9.13 Å². The van der Waals surface area contributed by atoms with Crippen molar-refractivity contribution in [3.8, 4) is 0 Å². The molecule has 0 spiro atoms. The highest BCUT2D eigenvalue weighted by atomic mass is 127. The average Bonchev–Trinajstić information content (AvgIpc) is 2.02. The largest absolute Gasteiger partial charge is 0.294 e. The number of benzene rings is 1. The van der Waals surface area contributed by atoms with Gasteiger partial charge in [0.25, 0.3) is 6.43 Å². The summed E-state index contributed by atoms with van der Waals surface area (Å²) < 4.78 is 25.3. The molecular weight excluding hydrogens is 324 g/mol. The highest BCUT2D eigenvalue weighted by molar-refractivity contribution is 14.1. The monoisotopic (exact) mass is 330 g/mol. The van der Waals surface area contributed by atoms with Crippen molar-refractivity contribution in [1.82, 2.24) is 0 Å². The number of Topliss-reactive ketones (excluding diaryl/α,β-unsaturated/α-hetero) is 1. The third kappa shape index (κ3) is 2.23. The van der Waals surface area contributed by atoms with Crippen LogP contribution in [0.25, 0.3) is 0 Å². The van der Waals surface area contributed by atoms with Crippen LogP contribution in [0, 0.1) is 3.57 Å². The molecule has 0 radical (unpaired) electrons. The fourth-order valence-electron chi connectivity index (χ4n) is 1.04. The minimum atomic E-state index is -2.66. The normalized spacial score (nSPS) is 10.7. The van der Waals surface area contributed by atoms with Gasteiger partial charge in [0.1, 0.15) is 0 Å². The van der Waals surface area contributed by atoms with E-state index in [1.807, 2.05) is 0 Å². The van der Waals surface area contributed by atoms with Gasteiger partial charge in [0.05, 0.1) is 10.6 Å². The molecule has 0 heterocycles. The van der Waals surface area contributed by atoms with E-state index < -0.39 is 6.43 Å². The van der Waals surface area contributed by atoms with E-state index in [9.17, 15) is 13.6 Å². The van der Waals surface area contributed by atoms with Crippen LogP contribution >= 0.6 is 34.2 Å². The Morgan fingerprint density at radius 3 is 2.50 bits per heavy atom. The van der Waals surface area contributed by atoms with Gasteiger partial charge < -0.3 is 0 Å². The molecule has 1 aromatic rings. The first-order valence-corrected chi connectivity index (χ1v) is 5.17. The summed E-state index contributed by atoms with van der Waals surface area (Å²) in [6, 6.07) is 2.78. The molecule has 0 aliphatic carbocycles. The van der Waals surface area contributed by atoms with Crippen LogP contribution in [0.5, 0.6) is 0 Å². The maximum atomic E-state index is 12.5. The molecule has 1 nitrogen and oxygen atoms in total. The molecule has 0 aromatic heterocycles.